The quantitative estimate of drug-likeness (QED) is 0.732. The van der Waals surface area contributed by atoms with E-state index in [-0.39, 0.29) is 5.56 Å². The number of hydrogen-bond donors (Lipinski definition) is 0. The zero-order valence-corrected chi connectivity index (χ0v) is 13.0. The summed E-state index contributed by atoms with van der Waals surface area (Å²) < 4.78 is 1.65. The number of hydrogen-bond acceptors (Lipinski definition) is 3. The van der Waals surface area contributed by atoms with E-state index in [1.165, 1.54) is 11.3 Å². The minimum Gasteiger partial charge on any atom is -0.309 e. The molecule has 0 aliphatic rings. The van der Waals surface area contributed by atoms with Crippen molar-refractivity contribution >= 4 is 22.9 Å². The highest BCUT2D eigenvalue weighted by Gasteiger charge is 2.08. The summed E-state index contributed by atoms with van der Waals surface area (Å²) in [5, 5.41) is 3.54. The molecule has 0 saturated heterocycles. The van der Waals surface area contributed by atoms with Gasteiger partial charge in [-0.15, -0.1) is 11.3 Å². The average Bonchev–Trinajstić information content (AvgIpc) is 2.91. The maximum Gasteiger partial charge on any atom is 0.251 e. The van der Waals surface area contributed by atoms with Gasteiger partial charge in [-0.2, -0.15) is 0 Å². The van der Waals surface area contributed by atoms with Gasteiger partial charge in [-0.3, -0.25) is 4.79 Å². The lowest BCUT2D eigenvalue weighted by Crippen LogP contribution is -2.19. The molecule has 0 amide bonds. The van der Waals surface area contributed by atoms with Crippen LogP contribution in [-0.4, -0.2) is 9.55 Å². The maximum atomic E-state index is 11.9. The fourth-order valence-corrected chi connectivity index (χ4v) is 3.08. The highest BCUT2D eigenvalue weighted by Crippen LogP contribution is 2.28. The SMILES string of the molecule is Cc1ccn(Cc2nc(-c3ccccc3Cl)cs2)c(=O)c1. The van der Waals surface area contributed by atoms with E-state index in [2.05, 4.69) is 4.98 Å². The van der Waals surface area contributed by atoms with E-state index in [1.807, 2.05) is 42.6 Å². The fraction of sp³-hybridized carbons (Fsp3) is 0.125. The van der Waals surface area contributed by atoms with Crippen molar-refractivity contribution in [1.29, 1.82) is 0 Å². The van der Waals surface area contributed by atoms with Gasteiger partial charge < -0.3 is 4.57 Å². The third kappa shape index (κ3) is 3.06. The molecule has 0 bridgehead atoms. The van der Waals surface area contributed by atoms with Crippen LogP contribution in [0.25, 0.3) is 11.3 Å². The predicted octanol–water partition coefficient (Wildman–Crippen LogP) is 3.98. The molecule has 2 aromatic heterocycles. The van der Waals surface area contributed by atoms with Gasteiger partial charge in [0.05, 0.1) is 12.2 Å². The standard InChI is InChI=1S/C16H13ClN2OS/c1-11-6-7-19(16(20)8-11)9-15-18-14(10-21-15)12-4-2-3-5-13(12)17/h2-8,10H,9H2,1H3. The Kier molecular flexibility index (Phi) is 3.90. The smallest absolute Gasteiger partial charge is 0.251 e. The van der Waals surface area contributed by atoms with E-state index in [4.69, 9.17) is 11.6 Å². The molecule has 1 aromatic carbocycles. The van der Waals surface area contributed by atoms with Gasteiger partial charge >= 0.3 is 0 Å². The lowest BCUT2D eigenvalue weighted by Gasteiger charge is -2.03. The zero-order chi connectivity index (χ0) is 14.8. The van der Waals surface area contributed by atoms with Crippen LogP contribution in [0.2, 0.25) is 5.02 Å². The second-order valence-corrected chi connectivity index (χ2v) is 6.13. The normalized spacial score (nSPS) is 10.8. The van der Waals surface area contributed by atoms with Crippen molar-refractivity contribution in [2.45, 2.75) is 13.5 Å². The van der Waals surface area contributed by atoms with Crippen LogP contribution in [0.15, 0.2) is 52.8 Å². The molecular formula is C16H13ClN2OS. The number of benzene rings is 1. The Labute approximate surface area is 131 Å². The lowest BCUT2D eigenvalue weighted by molar-refractivity contribution is 0.752. The van der Waals surface area contributed by atoms with E-state index in [0.717, 1.165) is 21.8 Å². The summed E-state index contributed by atoms with van der Waals surface area (Å²) in [6, 6.07) is 11.2. The molecule has 0 fully saturated rings. The topological polar surface area (TPSA) is 34.9 Å². The Hall–Kier alpha value is -1.91. The fourth-order valence-electron chi connectivity index (χ4n) is 2.06. The first-order valence-corrected chi connectivity index (χ1v) is 7.75. The van der Waals surface area contributed by atoms with Crippen molar-refractivity contribution in [2.75, 3.05) is 0 Å². The molecular weight excluding hydrogens is 304 g/mol. The molecule has 3 aromatic rings. The van der Waals surface area contributed by atoms with E-state index < -0.39 is 0 Å². The molecule has 0 N–H and O–H groups in total. The number of aromatic nitrogens is 2. The third-order valence-electron chi connectivity index (χ3n) is 3.16. The Morgan fingerprint density at radius 2 is 2.10 bits per heavy atom. The van der Waals surface area contributed by atoms with Crippen LogP contribution in [-0.2, 0) is 6.54 Å². The van der Waals surface area contributed by atoms with Gasteiger partial charge in [0, 0.05) is 28.2 Å². The van der Waals surface area contributed by atoms with Gasteiger partial charge in [-0.25, -0.2) is 4.98 Å². The Bertz CT molecular complexity index is 838. The van der Waals surface area contributed by atoms with Crippen LogP contribution in [0.5, 0.6) is 0 Å². The van der Waals surface area contributed by atoms with Crippen LogP contribution in [0.3, 0.4) is 0 Å². The first-order chi connectivity index (χ1) is 10.1. The van der Waals surface area contributed by atoms with Crippen molar-refractivity contribution in [3.8, 4) is 11.3 Å². The molecule has 0 radical (unpaired) electrons. The van der Waals surface area contributed by atoms with E-state index >= 15 is 0 Å². The summed E-state index contributed by atoms with van der Waals surface area (Å²) in [5.74, 6) is 0. The Morgan fingerprint density at radius 3 is 2.86 bits per heavy atom. The van der Waals surface area contributed by atoms with Crippen LogP contribution < -0.4 is 5.56 Å². The molecule has 0 atom stereocenters. The van der Waals surface area contributed by atoms with Crippen molar-refractivity contribution in [3.05, 3.63) is 73.9 Å². The van der Waals surface area contributed by atoms with Crippen LogP contribution in [0.4, 0.5) is 0 Å². The van der Waals surface area contributed by atoms with E-state index in [1.54, 1.807) is 16.8 Å². The number of pyridine rings is 1. The van der Waals surface area contributed by atoms with Crippen LogP contribution in [0, 0.1) is 6.92 Å². The first-order valence-electron chi connectivity index (χ1n) is 6.50. The largest absolute Gasteiger partial charge is 0.309 e. The highest BCUT2D eigenvalue weighted by atomic mass is 35.5. The third-order valence-corrected chi connectivity index (χ3v) is 4.32. The summed E-state index contributed by atoms with van der Waals surface area (Å²) in [4.78, 5) is 16.5. The molecule has 0 aliphatic heterocycles. The van der Waals surface area contributed by atoms with Crippen LogP contribution in [0.1, 0.15) is 10.6 Å². The van der Waals surface area contributed by atoms with Crippen molar-refractivity contribution < 1.29 is 0 Å². The molecule has 2 heterocycles. The van der Waals surface area contributed by atoms with Crippen LogP contribution >= 0.6 is 22.9 Å². The first kappa shape index (κ1) is 14.0. The highest BCUT2D eigenvalue weighted by molar-refractivity contribution is 7.09. The van der Waals surface area contributed by atoms with Gasteiger partial charge in [0.15, 0.2) is 0 Å². The predicted molar refractivity (Wildman–Crippen MR) is 87.1 cm³/mol. The minimum absolute atomic E-state index is 0.00973. The van der Waals surface area contributed by atoms with Gasteiger partial charge in [0.25, 0.3) is 5.56 Å². The molecule has 5 heteroatoms. The number of rotatable bonds is 3. The minimum atomic E-state index is -0.00973. The maximum absolute atomic E-state index is 11.9. The second kappa shape index (κ2) is 5.84. The Balaban J connectivity index is 1.89. The molecule has 3 rings (SSSR count). The molecule has 0 saturated carbocycles. The monoisotopic (exact) mass is 316 g/mol. The molecule has 0 unspecified atom stereocenters. The number of aryl methyl sites for hydroxylation is 1. The number of halogens is 1. The van der Waals surface area contributed by atoms with E-state index in [0.29, 0.717) is 11.6 Å². The summed E-state index contributed by atoms with van der Waals surface area (Å²) >= 11 is 7.71. The van der Waals surface area contributed by atoms with Crippen molar-refractivity contribution in [3.63, 3.8) is 0 Å². The van der Waals surface area contributed by atoms with Crippen molar-refractivity contribution in [1.82, 2.24) is 9.55 Å². The summed E-state index contributed by atoms with van der Waals surface area (Å²) in [6.07, 6.45) is 1.80. The van der Waals surface area contributed by atoms with Gasteiger partial charge in [-0.1, -0.05) is 29.8 Å². The summed E-state index contributed by atoms with van der Waals surface area (Å²) in [6.45, 7) is 2.39. The molecule has 0 aliphatic carbocycles. The van der Waals surface area contributed by atoms with Gasteiger partial charge in [-0.05, 0) is 24.6 Å². The molecule has 3 nitrogen and oxygen atoms in total. The summed E-state index contributed by atoms with van der Waals surface area (Å²) in [5.41, 5.74) is 2.72. The van der Waals surface area contributed by atoms with Gasteiger partial charge in [0.1, 0.15) is 5.01 Å². The second-order valence-electron chi connectivity index (χ2n) is 4.78. The van der Waals surface area contributed by atoms with Crippen molar-refractivity contribution in [2.24, 2.45) is 0 Å². The van der Waals surface area contributed by atoms with Gasteiger partial charge in [0.2, 0.25) is 0 Å². The summed E-state index contributed by atoms with van der Waals surface area (Å²) in [7, 11) is 0. The lowest BCUT2D eigenvalue weighted by atomic mass is 10.2. The average molecular weight is 317 g/mol. The zero-order valence-electron chi connectivity index (χ0n) is 11.4. The van der Waals surface area contributed by atoms with E-state index in [9.17, 15) is 4.79 Å². The number of thiazole rings is 1. The number of nitrogens with zero attached hydrogens (tertiary/aromatic N) is 2. The molecule has 106 valence electrons. The molecule has 21 heavy (non-hydrogen) atoms. The molecule has 0 spiro atoms. The Morgan fingerprint density at radius 1 is 1.29 bits per heavy atom.